The number of rotatable bonds is 4. The van der Waals surface area contributed by atoms with Crippen molar-refractivity contribution in [1.29, 1.82) is 0 Å². The Kier molecular flexibility index (Phi) is 8.22. The highest BCUT2D eigenvalue weighted by Crippen LogP contribution is 2.43. The largest absolute Gasteiger partial charge is 0.340 e. The maximum atomic E-state index is 13.8. The second-order valence-corrected chi connectivity index (χ2v) is 7.69. The van der Waals surface area contributed by atoms with Gasteiger partial charge in [-0.1, -0.05) is 24.3 Å². The first-order chi connectivity index (χ1) is 13.5. The molecule has 1 fully saturated rings. The van der Waals surface area contributed by atoms with E-state index in [-0.39, 0.29) is 37.3 Å². The van der Waals surface area contributed by atoms with Crippen LogP contribution in [-0.4, -0.2) is 48.9 Å². The fourth-order valence-corrected chi connectivity index (χ4v) is 4.69. The first-order valence-electron chi connectivity index (χ1n) is 9.75. The maximum absolute atomic E-state index is 13.8. The third-order valence-electron chi connectivity index (χ3n) is 5.92. The molecular formula is C22H27Cl2F2N3O. The van der Waals surface area contributed by atoms with Crippen LogP contribution < -0.4 is 5.32 Å². The number of carbonyl (C=O) groups excluding carboxylic acids is 1. The van der Waals surface area contributed by atoms with Gasteiger partial charge in [0.1, 0.15) is 17.2 Å². The quantitative estimate of drug-likeness (QED) is 0.762. The zero-order valence-electron chi connectivity index (χ0n) is 16.9. The van der Waals surface area contributed by atoms with Crippen molar-refractivity contribution in [3.63, 3.8) is 0 Å². The Morgan fingerprint density at radius 3 is 2.40 bits per heavy atom. The van der Waals surface area contributed by atoms with Crippen LogP contribution in [0.5, 0.6) is 0 Å². The highest BCUT2D eigenvalue weighted by Gasteiger charge is 2.50. The lowest BCUT2D eigenvalue weighted by Gasteiger charge is -2.44. The number of hydrogen-bond donors (Lipinski definition) is 1. The van der Waals surface area contributed by atoms with Crippen molar-refractivity contribution in [3.05, 3.63) is 70.8 Å². The topological polar surface area (TPSA) is 35.6 Å². The average Bonchev–Trinajstić information content (AvgIpc) is 3.08. The summed E-state index contributed by atoms with van der Waals surface area (Å²) >= 11 is 0. The Labute approximate surface area is 188 Å². The van der Waals surface area contributed by atoms with Crippen LogP contribution in [0.25, 0.3) is 0 Å². The minimum Gasteiger partial charge on any atom is -0.340 e. The summed E-state index contributed by atoms with van der Waals surface area (Å²) < 4.78 is 27.2. The summed E-state index contributed by atoms with van der Waals surface area (Å²) in [6.45, 7) is 3.45. The van der Waals surface area contributed by atoms with Crippen LogP contribution in [0.4, 0.5) is 8.78 Å². The van der Waals surface area contributed by atoms with E-state index in [1.54, 1.807) is 11.9 Å². The SMILES string of the molecule is CN(Cc1cc(F)cc(F)c1)C(=O)[C@]1(N2CCNCC2)CCc2ccccc21.Cl.Cl. The van der Waals surface area contributed by atoms with Gasteiger partial charge in [-0.05, 0) is 41.7 Å². The standard InChI is InChI=1S/C22H25F2N3O.2ClH/c1-26(15-16-12-18(23)14-19(24)13-16)21(28)22(27-10-8-25-9-11-27)7-6-17-4-2-3-5-20(17)22;;/h2-5,12-14,25H,6-11,15H2,1H3;2*1H/t22-;;/m0../s1. The van der Waals surface area contributed by atoms with Crippen molar-refractivity contribution in [2.75, 3.05) is 33.2 Å². The summed E-state index contributed by atoms with van der Waals surface area (Å²) in [6.07, 6.45) is 1.58. The summed E-state index contributed by atoms with van der Waals surface area (Å²) in [7, 11) is 1.72. The number of halogens is 4. The van der Waals surface area contributed by atoms with Gasteiger partial charge in [-0.2, -0.15) is 0 Å². The van der Waals surface area contributed by atoms with E-state index in [1.807, 2.05) is 12.1 Å². The van der Waals surface area contributed by atoms with E-state index in [9.17, 15) is 13.6 Å². The van der Waals surface area contributed by atoms with E-state index >= 15 is 0 Å². The molecule has 0 aromatic heterocycles. The highest BCUT2D eigenvalue weighted by atomic mass is 35.5. The van der Waals surface area contributed by atoms with Crippen molar-refractivity contribution >= 4 is 30.7 Å². The highest BCUT2D eigenvalue weighted by molar-refractivity contribution is 5.89. The summed E-state index contributed by atoms with van der Waals surface area (Å²) in [5.74, 6) is -1.26. The minimum atomic E-state index is -0.709. The van der Waals surface area contributed by atoms with Crippen molar-refractivity contribution < 1.29 is 13.6 Å². The van der Waals surface area contributed by atoms with Gasteiger partial charge in [0.15, 0.2) is 0 Å². The smallest absolute Gasteiger partial charge is 0.247 e. The predicted molar refractivity (Wildman–Crippen MR) is 118 cm³/mol. The summed E-state index contributed by atoms with van der Waals surface area (Å²) in [5.41, 5.74) is 2.02. The Bertz CT molecular complexity index is 872. The van der Waals surface area contributed by atoms with Gasteiger partial charge in [-0.15, -0.1) is 24.8 Å². The molecule has 2 aromatic rings. The second kappa shape index (κ2) is 10.1. The molecule has 1 N–H and O–H groups in total. The number of carbonyl (C=O) groups is 1. The monoisotopic (exact) mass is 457 g/mol. The van der Waals surface area contributed by atoms with Crippen molar-refractivity contribution in [2.45, 2.75) is 24.9 Å². The van der Waals surface area contributed by atoms with Gasteiger partial charge in [-0.3, -0.25) is 9.69 Å². The fraction of sp³-hybridized carbons (Fsp3) is 0.409. The number of amides is 1. The first kappa shape index (κ1) is 24.5. The predicted octanol–water partition coefficient (Wildman–Crippen LogP) is 3.51. The van der Waals surface area contributed by atoms with Gasteiger partial charge in [0.25, 0.3) is 0 Å². The molecule has 1 amide bonds. The normalized spacial score (nSPS) is 20.6. The van der Waals surface area contributed by atoms with Gasteiger partial charge in [0.05, 0.1) is 0 Å². The molecule has 2 aliphatic rings. The van der Waals surface area contributed by atoms with Crippen molar-refractivity contribution in [2.24, 2.45) is 0 Å². The lowest BCUT2D eigenvalue weighted by molar-refractivity contribution is -0.145. The lowest BCUT2D eigenvalue weighted by atomic mass is 9.87. The number of nitrogens with zero attached hydrogens (tertiary/aromatic N) is 2. The molecule has 2 aromatic carbocycles. The van der Waals surface area contributed by atoms with Crippen LogP contribution in [0.3, 0.4) is 0 Å². The third-order valence-corrected chi connectivity index (χ3v) is 5.92. The molecule has 0 unspecified atom stereocenters. The molecule has 0 bridgehead atoms. The van der Waals surface area contributed by atoms with E-state index in [1.165, 1.54) is 17.7 Å². The molecule has 1 aliphatic carbocycles. The number of benzene rings is 2. The van der Waals surface area contributed by atoms with Crippen molar-refractivity contribution in [3.8, 4) is 0 Å². The molecule has 30 heavy (non-hydrogen) atoms. The number of hydrogen-bond acceptors (Lipinski definition) is 3. The number of likely N-dealkylation sites (N-methyl/N-ethyl adjacent to an activating group) is 1. The molecule has 164 valence electrons. The Morgan fingerprint density at radius 2 is 1.73 bits per heavy atom. The fourth-order valence-electron chi connectivity index (χ4n) is 4.69. The van der Waals surface area contributed by atoms with Gasteiger partial charge in [0, 0.05) is 45.8 Å². The molecule has 1 aliphatic heterocycles. The number of piperazine rings is 1. The van der Waals surface area contributed by atoms with Gasteiger partial charge >= 0.3 is 0 Å². The van der Waals surface area contributed by atoms with E-state index in [4.69, 9.17) is 0 Å². The molecule has 1 saturated heterocycles. The number of fused-ring (bicyclic) bond motifs is 1. The Hall–Kier alpha value is -1.73. The molecule has 0 spiro atoms. The van der Waals surface area contributed by atoms with Crippen LogP contribution in [0.15, 0.2) is 42.5 Å². The molecule has 8 heteroatoms. The number of nitrogens with one attached hydrogen (secondary N) is 1. The van der Waals surface area contributed by atoms with Gasteiger partial charge in [0.2, 0.25) is 5.91 Å². The van der Waals surface area contributed by atoms with Gasteiger partial charge in [-0.25, -0.2) is 8.78 Å². The molecule has 4 nitrogen and oxygen atoms in total. The van der Waals surface area contributed by atoms with Crippen LogP contribution in [0.1, 0.15) is 23.1 Å². The lowest BCUT2D eigenvalue weighted by Crippen LogP contribution is -2.60. The van der Waals surface area contributed by atoms with E-state index in [0.717, 1.165) is 50.7 Å². The molecule has 0 saturated carbocycles. The Balaban J connectivity index is 0.00000160. The van der Waals surface area contributed by atoms with Crippen LogP contribution in [-0.2, 0) is 23.3 Å². The zero-order chi connectivity index (χ0) is 19.7. The summed E-state index contributed by atoms with van der Waals surface area (Å²) in [4.78, 5) is 17.7. The van der Waals surface area contributed by atoms with Gasteiger partial charge < -0.3 is 10.2 Å². The Morgan fingerprint density at radius 1 is 1.10 bits per heavy atom. The number of aryl methyl sites for hydroxylation is 1. The molecule has 1 atom stereocenters. The molecule has 4 rings (SSSR count). The summed E-state index contributed by atoms with van der Waals surface area (Å²) in [6, 6.07) is 11.6. The van der Waals surface area contributed by atoms with Crippen molar-refractivity contribution in [1.82, 2.24) is 15.1 Å². The summed E-state index contributed by atoms with van der Waals surface area (Å²) in [5, 5.41) is 3.35. The maximum Gasteiger partial charge on any atom is 0.247 e. The van der Waals surface area contributed by atoms with Crippen LogP contribution >= 0.6 is 24.8 Å². The molecule has 1 heterocycles. The molecular weight excluding hydrogens is 431 g/mol. The zero-order valence-corrected chi connectivity index (χ0v) is 18.5. The molecule has 0 radical (unpaired) electrons. The third kappa shape index (κ3) is 4.47. The minimum absolute atomic E-state index is 0. The first-order valence-corrected chi connectivity index (χ1v) is 9.75. The average molecular weight is 458 g/mol. The van der Waals surface area contributed by atoms with E-state index in [0.29, 0.717) is 5.56 Å². The van der Waals surface area contributed by atoms with E-state index in [2.05, 4.69) is 22.3 Å². The van der Waals surface area contributed by atoms with Crippen LogP contribution in [0, 0.1) is 11.6 Å². The van der Waals surface area contributed by atoms with Crippen LogP contribution in [0.2, 0.25) is 0 Å². The second-order valence-electron chi connectivity index (χ2n) is 7.69. The van der Waals surface area contributed by atoms with E-state index < -0.39 is 17.2 Å².